The molecule has 4 N–H and O–H groups in total. The summed E-state index contributed by atoms with van der Waals surface area (Å²) in [6, 6.07) is 2.01. The number of aliphatic hydroxyl groups is 1. The van der Waals surface area contributed by atoms with Crippen molar-refractivity contribution in [2.45, 2.75) is 13.0 Å². The third kappa shape index (κ3) is 2.93. The zero-order chi connectivity index (χ0) is 12.3. The van der Waals surface area contributed by atoms with Crippen LogP contribution >= 0.6 is 15.9 Å². The van der Waals surface area contributed by atoms with Crippen LogP contribution in [0.5, 0.6) is 0 Å². The standard InChI is InChI=1S/C10H12BrFN2O2/c1-5(4-15)14-10(16)6-2-9(13)8(12)3-7(6)11/h2-3,5,15H,4,13H2,1H3,(H,14,16). The van der Waals surface area contributed by atoms with Crippen molar-refractivity contribution in [3.8, 4) is 0 Å². The second kappa shape index (κ2) is 5.27. The van der Waals surface area contributed by atoms with E-state index in [1.807, 2.05) is 0 Å². The minimum Gasteiger partial charge on any atom is -0.396 e. The normalized spacial score (nSPS) is 12.2. The van der Waals surface area contributed by atoms with Crippen LogP contribution in [-0.2, 0) is 0 Å². The molecule has 0 aromatic heterocycles. The Morgan fingerprint density at radius 1 is 1.69 bits per heavy atom. The number of rotatable bonds is 3. The second-order valence-corrected chi connectivity index (χ2v) is 4.26. The number of amides is 1. The third-order valence-electron chi connectivity index (χ3n) is 1.98. The van der Waals surface area contributed by atoms with Gasteiger partial charge in [0.25, 0.3) is 5.91 Å². The molecule has 0 spiro atoms. The summed E-state index contributed by atoms with van der Waals surface area (Å²) in [6.45, 7) is 1.48. The van der Waals surface area contributed by atoms with Gasteiger partial charge in [-0.25, -0.2) is 4.39 Å². The number of carbonyl (C=O) groups excluding carboxylic acids is 1. The lowest BCUT2D eigenvalue weighted by atomic mass is 10.1. The number of hydrogen-bond donors (Lipinski definition) is 3. The van der Waals surface area contributed by atoms with E-state index >= 15 is 0 Å². The van der Waals surface area contributed by atoms with Gasteiger partial charge in [0.15, 0.2) is 0 Å². The smallest absolute Gasteiger partial charge is 0.252 e. The summed E-state index contributed by atoms with van der Waals surface area (Å²) in [4.78, 5) is 11.7. The van der Waals surface area contributed by atoms with Crippen molar-refractivity contribution >= 4 is 27.5 Å². The predicted octanol–water partition coefficient (Wildman–Crippen LogP) is 1.28. The lowest BCUT2D eigenvalue weighted by molar-refractivity contribution is 0.0921. The molecule has 16 heavy (non-hydrogen) atoms. The lowest BCUT2D eigenvalue weighted by Crippen LogP contribution is -2.35. The summed E-state index contributed by atoms with van der Waals surface area (Å²) >= 11 is 3.07. The monoisotopic (exact) mass is 290 g/mol. The van der Waals surface area contributed by atoms with E-state index in [0.29, 0.717) is 4.47 Å². The highest BCUT2D eigenvalue weighted by Crippen LogP contribution is 2.22. The lowest BCUT2D eigenvalue weighted by Gasteiger charge is -2.12. The molecule has 0 aliphatic heterocycles. The first kappa shape index (κ1) is 12.9. The van der Waals surface area contributed by atoms with Gasteiger partial charge in [-0.05, 0) is 35.0 Å². The summed E-state index contributed by atoms with van der Waals surface area (Å²) in [5, 5.41) is 11.3. The van der Waals surface area contributed by atoms with Gasteiger partial charge in [0.1, 0.15) is 5.82 Å². The largest absolute Gasteiger partial charge is 0.396 e. The number of anilines is 1. The minimum atomic E-state index is -0.585. The molecule has 1 aromatic carbocycles. The van der Waals surface area contributed by atoms with Crippen molar-refractivity contribution in [3.05, 3.63) is 28.0 Å². The molecule has 0 saturated heterocycles. The molecule has 0 aliphatic rings. The van der Waals surface area contributed by atoms with Crippen molar-refractivity contribution in [2.75, 3.05) is 12.3 Å². The maximum absolute atomic E-state index is 13.0. The first-order valence-corrected chi connectivity index (χ1v) is 5.41. The Morgan fingerprint density at radius 2 is 2.31 bits per heavy atom. The van der Waals surface area contributed by atoms with Crippen LogP contribution in [0.4, 0.5) is 10.1 Å². The zero-order valence-corrected chi connectivity index (χ0v) is 10.2. The van der Waals surface area contributed by atoms with E-state index < -0.39 is 11.7 Å². The molecular weight excluding hydrogens is 279 g/mol. The number of nitrogen functional groups attached to an aromatic ring is 1. The summed E-state index contributed by atoms with van der Waals surface area (Å²) in [5.74, 6) is -1.00. The number of hydrogen-bond acceptors (Lipinski definition) is 3. The molecule has 0 saturated carbocycles. The Kier molecular flexibility index (Phi) is 4.26. The van der Waals surface area contributed by atoms with Crippen molar-refractivity contribution in [1.82, 2.24) is 5.32 Å². The van der Waals surface area contributed by atoms with Crippen LogP contribution in [0, 0.1) is 5.82 Å². The molecule has 1 amide bonds. The molecule has 0 fully saturated rings. The van der Waals surface area contributed by atoms with E-state index in [0.717, 1.165) is 6.07 Å². The molecule has 1 aromatic rings. The average Bonchev–Trinajstić information content (AvgIpc) is 2.23. The maximum atomic E-state index is 13.0. The summed E-state index contributed by atoms with van der Waals surface area (Å²) in [5.41, 5.74) is 5.51. The molecule has 0 heterocycles. The highest BCUT2D eigenvalue weighted by Gasteiger charge is 2.14. The Balaban J connectivity index is 2.96. The first-order valence-electron chi connectivity index (χ1n) is 4.62. The molecule has 1 atom stereocenters. The van der Waals surface area contributed by atoms with Crippen molar-refractivity contribution in [3.63, 3.8) is 0 Å². The molecule has 88 valence electrons. The molecule has 0 aliphatic carbocycles. The fourth-order valence-electron chi connectivity index (χ4n) is 1.09. The van der Waals surface area contributed by atoms with Gasteiger partial charge in [0.05, 0.1) is 17.9 Å². The van der Waals surface area contributed by atoms with Gasteiger partial charge in [-0.3, -0.25) is 4.79 Å². The van der Waals surface area contributed by atoms with E-state index in [4.69, 9.17) is 10.8 Å². The van der Waals surface area contributed by atoms with Gasteiger partial charge in [0, 0.05) is 10.5 Å². The Morgan fingerprint density at radius 3 is 2.88 bits per heavy atom. The SMILES string of the molecule is CC(CO)NC(=O)c1cc(N)c(F)cc1Br. The van der Waals surface area contributed by atoms with Crippen molar-refractivity contribution < 1.29 is 14.3 Å². The maximum Gasteiger partial charge on any atom is 0.252 e. The quantitative estimate of drug-likeness (QED) is 0.734. The van der Waals surface area contributed by atoms with E-state index in [-0.39, 0.29) is 23.9 Å². The van der Waals surface area contributed by atoms with E-state index in [1.54, 1.807) is 6.92 Å². The van der Waals surface area contributed by atoms with Crippen LogP contribution in [0.3, 0.4) is 0 Å². The van der Waals surface area contributed by atoms with Crippen LogP contribution in [0.2, 0.25) is 0 Å². The van der Waals surface area contributed by atoms with Crippen LogP contribution < -0.4 is 11.1 Å². The van der Waals surface area contributed by atoms with Gasteiger partial charge in [0.2, 0.25) is 0 Å². The third-order valence-corrected chi connectivity index (χ3v) is 2.64. The highest BCUT2D eigenvalue weighted by molar-refractivity contribution is 9.10. The van der Waals surface area contributed by atoms with Crippen LogP contribution in [-0.4, -0.2) is 23.7 Å². The van der Waals surface area contributed by atoms with Gasteiger partial charge >= 0.3 is 0 Å². The van der Waals surface area contributed by atoms with Crippen molar-refractivity contribution in [1.29, 1.82) is 0 Å². The molecule has 0 radical (unpaired) electrons. The molecular formula is C10H12BrFN2O2. The fourth-order valence-corrected chi connectivity index (χ4v) is 1.58. The number of benzene rings is 1. The second-order valence-electron chi connectivity index (χ2n) is 3.41. The van der Waals surface area contributed by atoms with E-state index in [9.17, 15) is 9.18 Å². The Bertz CT molecular complexity index is 412. The number of carbonyl (C=O) groups is 1. The van der Waals surface area contributed by atoms with Crippen LogP contribution in [0.15, 0.2) is 16.6 Å². The number of nitrogens with one attached hydrogen (secondary N) is 1. The number of halogens is 2. The average molecular weight is 291 g/mol. The van der Waals surface area contributed by atoms with Gasteiger partial charge in [-0.15, -0.1) is 0 Å². The van der Waals surface area contributed by atoms with Gasteiger partial charge in [-0.2, -0.15) is 0 Å². The Hall–Kier alpha value is -1.14. The molecule has 1 unspecified atom stereocenters. The fraction of sp³-hybridized carbons (Fsp3) is 0.300. The summed E-state index contributed by atoms with van der Waals surface area (Å²) < 4.78 is 13.3. The van der Waals surface area contributed by atoms with E-state index in [1.165, 1.54) is 6.07 Å². The molecule has 4 nitrogen and oxygen atoms in total. The summed E-state index contributed by atoms with van der Waals surface area (Å²) in [6.07, 6.45) is 0. The van der Waals surface area contributed by atoms with Crippen LogP contribution in [0.25, 0.3) is 0 Å². The van der Waals surface area contributed by atoms with Gasteiger partial charge in [-0.1, -0.05) is 0 Å². The highest BCUT2D eigenvalue weighted by atomic mass is 79.9. The molecule has 6 heteroatoms. The van der Waals surface area contributed by atoms with Crippen LogP contribution in [0.1, 0.15) is 17.3 Å². The minimum absolute atomic E-state index is 0.0926. The zero-order valence-electron chi connectivity index (χ0n) is 8.63. The van der Waals surface area contributed by atoms with E-state index in [2.05, 4.69) is 21.2 Å². The number of nitrogens with two attached hydrogens (primary N) is 1. The summed E-state index contributed by atoms with van der Waals surface area (Å²) in [7, 11) is 0. The molecule has 1 rings (SSSR count). The first-order chi connectivity index (χ1) is 7.45. The van der Waals surface area contributed by atoms with Crippen molar-refractivity contribution in [2.24, 2.45) is 0 Å². The Labute approximate surface area is 101 Å². The topological polar surface area (TPSA) is 75.3 Å². The number of aliphatic hydroxyl groups excluding tert-OH is 1. The van der Waals surface area contributed by atoms with Gasteiger partial charge < -0.3 is 16.2 Å². The molecule has 0 bridgehead atoms. The predicted molar refractivity (Wildman–Crippen MR) is 62.5 cm³/mol.